The van der Waals surface area contributed by atoms with E-state index in [9.17, 15) is 12.8 Å². The van der Waals surface area contributed by atoms with Gasteiger partial charge in [-0.2, -0.15) is 4.31 Å². The highest BCUT2D eigenvalue weighted by atomic mass is 32.2. The van der Waals surface area contributed by atoms with Crippen LogP contribution in [0, 0.1) is 12.7 Å². The van der Waals surface area contributed by atoms with Gasteiger partial charge in [-0.15, -0.1) is 0 Å². The Morgan fingerprint density at radius 2 is 1.78 bits per heavy atom. The van der Waals surface area contributed by atoms with E-state index in [0.717, 1.165) is 10.4 Å². The summed E-state index contributed by atoms with van der Waals surface area (Å²) in [7, 11) is -3.91. The number of hydrogen-bond acceptors (Lipinski definition) is 4. The lowest BCUT2D eigenvalue weighted by Crippen LogP contribution is -2.36. The second kappa shape index (κ2) is 6.24. The van der Waals surface area contributed by atoms with Gasteiger partial charge in [-0.25, -0.2) is 12.8 Å². The number of nitrogens with zero attached hydrogens (tertiary/aromatic N) is 1. The summed E-state index contributed by atoms with van der Waals surface area (Å²) in [6, 6.07) is 3.49. The fourth-order valence-corrected chi connectivity index (χ4v) is 3.22. The Bertz CT molecular complexity index is 498. The lowest BCUT2D eigenvalue weighted by Gasteiger charge is -2.21. The van der Waals surface area contributed by atoms with E-state index in [1.54, 1.807) is 6.92 Å². The van der Waals surface area contributed by atoms with Gasteiger partial charge in [0.15, 0.2) is 0 Å². The predicted molar refractivity (Wildman–Crippen MR) is 64.1 cm³/mol. The van der Waals surface area contributed by atoms with Gasteiger partial charge in [0.25, 0.3) is 0 Å². The Balaban J connectivity index is 3.21. The first-order valence-electron chi connectivity index (χ1n) is 5.41. The van der Waals surface area contributed by atoms with Crippen molar-refractivity contribution in [3.05, 3.63) is 29.6 Å². The zero-order valence-electron chi connectivity index (χ0n) is 10.0. The van der Waals surface area contributed by atoms with Crippen LogP contribution in [-0.2, 0) is 10.0 Å². The molecule has 18 heavy (non-hydrogen) atoms. The molecule has 0 saturated carbocycles. The molecule has 1 rings (SSSR count). The molecule has 0 fully saturated rings. The molecule has 0 aliphatic carbocycles. The van der Waals surface area contributed by atoms with Crippen molar-refractivity contribution in [3.8, 4) is 0 Å². The number of aliphatic hydroxyl groups excluding tert-OH is 2. The summed E-state index contributed by atoms with van der Waals surface area (Å²) < 4.78 is 38.5. The molecule has 102 valence electrons. The zero-order chi connectivity index (χ0) is 13.8. The van der Waals surface area contributed by atoms with Crippen molar-refractivity contribution in [2.24, 2.45) is 0 Å². The molecular weight excluding hydrogens is 261 g/mol. The summed E-state index contributed by atoms with van der Waals surface area (Å²) in [5.41, 5.74) is 0.414. The van der Waals surface area contributed by atoms with Crippen LogP contribution in [0.15, 0.2) is 23.1 Å². The Hall–Kier alpha value is -1.02. The number of sulfonamides is 1. The maximum atomic E-state index is 13.1. The molecule has 0 aliphatic rings. The highest BCUT2D eigenvalue weighted by Crippen LogP contribution is 2.20. The largest absolute Gasteiger partial charge is 0.395 e. The van der Waals surface area contributed by atoms with Crippen LogP contribution in [0.5, 0.6) is 0 Å². The van der Waals surface area contributed by atoms with E-state index in [0.29, 0.717) is 5.56 Å². The van der Waals surface area contributed by atoms with Gasteiger partial charge in [-0.3, -0.25) is 0 Å². The van der Waals surface area contributed by atoms with E-state index >= 15 is 0 Å². The Morgan fingerprint density at radius 1 is 1.22 bits per heavy atom. The van der Waals surface area contributed by atoms with Crippen LogP contribution >= 0.6 is 0 Å². The van der Waals surface area contributed by atoms with Crippen LogP contribution in [0.2, 0.25) is 0 Å². The van der Waals surface area contributed by atoms with Gasteiger partial charge < -0.3 is 10.2 Å². The van der Waals surface area contributed by atoms with E-state index in [4.69, 9.17) is 10.2 Å². The van der Waals surface area contributed by atoms with Crippen molar-refractivity contribution in [2.45, 2.75) is 11.8 Å². The molecule has 0 aliphatic heterocycles. The number of halogens is 1. The monoisotopic (exact) mass is 277 g/mol. The van der Waals surface area contributed by atoms with Crippen molar-refractivity contribution < 1.29 is 23.0 Å². The maximum absolute atomic E-state index is 13.1. The van der Waals surface area contributed by atoms with E-state index in [-0.39, 0.29) is 31.2 Å². The fraction of sp³-hybridized carbons (Fsp3) is 0.455. The molecule has 0 radical (unpaired) electrons. The zero-order valence-corrected chi connectivity index (χ0v) is 10.8. The second-order valence-electron chi connectivity index (χ2n) is 3.76. The number of aryl methyl sites for hydroxylation is 1. The first-order chi connectivity index (χ1) is 8.43. The Morgan fingerprint density at radius 3 is 2.28 bits per heavy atom. The number of benzene rings is 1. The molecule has 5 nitrogen and oxygen atoms in total. The lowest BCUT2D eigenvalue weighted by atomic mass is 10.2. The number of rotatable bonds is 6. The third-order valence-electron chi connectivity index (χ3n) is 2.47. The highest BCUT2D eigenvalue weighted by Gasteiger charge is 2.25. The van der Waals surface area contributed by atoms with Gasteiger partial charge in [0.2, 0.25) is 10.0 Å². The highest BCUT2D eigenvalue weighted by molar-refractivity contribution is 7.89. The second-order valence-corrected chi connectivity index (χ2v) is 5.67. The molecule has 0 aromatic heterocycles. The molecule has 0 unspecified atom stereocenters. The van der Waals surface area contributed by atoms with Gasteiger partial charge in [-0.1, -0.05) is 6.07 Å². The molecule has 0 spiro atoms. The fourth-order valence-electron chi connectivity index (χ4n) is 1.57. The SMILES string of the molecule is Cc1ccc(F)cc1S(=O)(=O)N(CCO)CCO. The number of aliphatic hydroxyl groups is 2. The molecule has 0 heterocycles. The van der Waals surface area contributed by atoms with Crippen LogP contribution in [0.1, 0.15) is 5.56 Å². The van der Waals surface area contributed by atoms with Crippen molar-refractivity contribution in [2.75, 3.05) is 26.3 Å². The summed E-state index contributed by atoms with van der Waals surface area (Å²) in [6.45, 7) is 0.543. The quantitative estimate of drug-likeness (QED) is 0.773. The first kappa shape index (κ1) is 15.0. The minimum Gasteiger partial charge on any atom is -0.395 e. The van der Waals surface area contributed by atoms with Crippen LogP contribution in [-0.4, -0.2) is 49.2 Å². The van der Waals surface area contributed by atoms with Gasteiger partial charge >= 0.3 is 0 Å². The molecule has 0 atom stereocenters. The summed E-state index contributed by atoms with van der Waals surface area (Å²) in [4.78, 5) is -0.149. The maximum Gasteiger partial charge on any atom is 0.243 e. The van der Waals surface area contributed by atoms with Crippen molar-refractivity contribution in [3.63, 3.8) is 0 Å². The predicted octanol–water partition coefficient (Wildman–Crippen LogP) is 0.109. The van der Waals surface area contributed by atoms with Crippen molar-refractivity contribution in [1.82, 2.24) is 4.31 Å². The van der Waals surface area contributed by atoms with E-state index in [1.807, 2.05) is 0 Å². The van der Waals surface area contributed by atoms with Gasteiger partial charge in [0.05, 0.1) is 18.1 Å². The van der Waals surface area contributed by atoms with Crippen LogP contribution in [0.25, 0.3) is 0 Å². The lowest BCUT2D eigenvalue weighted by molar-refractivity contribution is 0.217. The molecule has 2 N–H and O–H groups in total. The minimum atomic E-state index is -3.91. The molecule has 0 bridgehead atoms. The van der Waals surface area contributed by atoms with Gasteiger partial charge in [0, 0.05) is 13.1 Å². The van der Waals surface area contributed by atoms with Gasteiger partial charge in [0.1, 0.15) is 5.82 Å². The van der Waals surface area contributed by atoms with Gasteiger partial charge in [-0.05, 0) is 24.6 Å². The van der Waals surface area contributed by atoms with E-state index < -0.39 is 15.8 Å². The molecule has 0 saturated heterocycles. The summed E-state index contributed by atoms with van der Waals surface area (Å²) in [5.74, 6) is -0.646. The molecule has 0 amide bonds. The third-order valence-corrected chi connectivity index (χ3v) is 4.51. The van der Waals surface area contributed by atoms with Crippen LogP contribution < -0.4 is 0 Å². The van der Waals surface area contributed by atoms with Crippen LogP contribution in [0.4, 0.5) is 4.39 Å². The molecule has 1 aromatic rings. The Kier molecular flexibility index (Phi) is 5.21. The number of hydrogen-bond donors (Lipinski definition) is 2. The topological polar surface area (TPSA) is 77.8 Å². The summed E-state index contributed by atoms with van der Waals surface area (Å²) in [6.07, 6.45) is 0. The first-order valence-corrected chi connectivity index (χ1v) is 6.85. The summed E-state index contributed by atoms with van der Waals surface area (Å²) >= 11 is 0. The van der Waals surface area contributed by atoms with Crippen molar-refractivity contribution in [1.29, 1.82) is 0 Å². The minimum absolute atomic E-state index is 0.140. The average molecular weight is 277 g/mol. The average Bonchev–Trinajstić information content (AvgIpc) is 2.32. The molecule has 7 heteroatoms. The van der Waals surface area contributed by atoms with Crippen LogP contribution in [0.3, 0.4) is 0 Å². The Labute approximate surface area is 106 Å². The van der Waals surface area contributed by atoms with Crippen molar-refractivity contribution >= 4 is 10.0 Å². The summed E-state index contributed by atoms with van der Waals surface area (Å²) in [5, 5.41) is 17.7. The normalized spacial score (nSPS) is 12.1. The van der Waals surface area contributed by atoms with E-state index in [2.05, 4.69) is 0 Å². The standard InChI is InChI=1S/C11H16FNO4S/c1-9-2-3-10(12)8-11(9)18(16,17)13(4-6-14)5-7-15/h2-3,8,14-15H,4-7H2,1H3. The van der Waals surface area contributed by atoms with E-state index in [1.165, 1.54) is 12.1 Å². The molecule has 1 aromatic carbocycles. The smallest absolute Gasteiger partial charge is 0.243 e. The molecular formula is C11H16FNO4S. The third kappa shape index (κ3) is 3.26.